The largest absolute Gasteiger partial charge is 0.482 e. The molecule has 2 N–H and O–H groups in total. The molecule has 0 atom stereocenters. The maximum atomic E-state index is 5.47. The fourth-order valence-corrected chi connectivity index (χ4v) is 1.35. The molecule has 92 valence electrons. The van der Waals surface area contributed by atoms with Crippen molar-refractivity contribution < 1.29 is 9.26 Å². The summed E-state index contributed by atoms with van der Waals surface area (Å²) in [6.45, 7) is 3.46. The van der Waals surface area contributed by atoms with E-state index in [1.807, 2.05) is 10.9 Å². The SMILES string of the molecule is CCCn1cc(OCc2noc(CN)n2)cn1. The zero-order chi connectivity index (χ0) is 12.1. The van der Waals surface area contributed by atoms with Crippen LogP contribution in [0.25, 0.3) is 0 Å². The first-order valence-electron chi connectivity index (χ1n) is 5.48. The molecule has 2 rings (SSSR count). The smallest absolute Gasteiger partial charge is 0.240 e. The number of hydrogen-bond acceptors (Lipinski definition) is 6. The van der Waals surface area contributed by atoms with Crippen LogP contribution in [0.3, 0.4) is 0 Å². The first kappa shape index (κ1) is 11.6. The Hall–Kier alpha value is -1.89. The summed E-state index contributed by atoms with van der Waals surface area (Å²) < 4.78 is 12.2. The fraction of sp³-hybridized carbons (Fsp3) is 0.500. The van der Waals surface area contributed by atoms with E-state index in [1.54, 1.807) is 6.20 Å². The van der Waals surface area contributed by atoms with Gasteiger partial charge in [-0.25, -0.2) is 0 Å². The molecule has 0 aliphatic carbocycles. The van der Waals surface area contributed by atoms with E-state index in [9.17, 15) is 0 Å². The summed E-state index contributed by atoms with van der Waals surface area (Å²) in [7, 11) is 0. The zero-order valence-electron chi connectivity index (χ0n) is 9.67. The average molecular weight is 237 g/mol. The summed E-state index contributed by atoms with van der Waals surface area (Å²) >= 11 is 0. The molecule has 0 amide bonds. The lowest BCUT2D eigenvalue weighted by Crippen LogP contribution is -1.99. The first-order valence-corrected chi connectivity index (χ1v) is 5.48. The number of nitrogens with two attached hydrogens (primary N) is 1. The van der Waals surface area contributed by atoms with Gasteiger partial charge in [0.15, 0.2) is 12.4 Å². The Labute approximate surface area is 98.6 Å². The van der Waals surface area contributed by atoms with Crippen LogP contribution in [-0.4, -0.2) is 19.9 Å². The van der Waals surface area contributed by atoms with Crippen LogP contribution >= 0.6 is 0 Å². The van der Waals surface area contributed by atoms with Crippen molar-refractivity contribution in [2.45, 2.75) is 33.0 Å². The summed E-state index contributed by atoms with van der Waals surface area (Å²) in [5.41, 5.74) is 5.36. The standard InChI is InChI=1S/C10H15N5O2/c1-2-3-15-6-8(5-12-15)16-7-9-13-10(4-11)17-14-9/h5-6H,2-4,7,11H2,1H3. The number of ether oxygens (including phenoxy) is 1. The maximum absolute atomic E-state index is 5.47. The van der Waals surface area contributed by atoms with Crippen LogP contribution in [0.5, 0.6) is 5.75 Å². The lowest BCUT2D eigenvalue weighted by molar-refractivity contribution is 0.285. The summed E-state index contributed by atoms with van der Waals surface area (Å²) in [6.07, 6.45) is 4.54. The predicted molar refractivity (Wildman–Crippen MR) is 59.0 cm³/mol. The second-order valence-electron chi connectivity index (χ2n) is 3.54. The van der Waals surface area contributed by atoms with Crippen LogP contribution in [-0.2, 0) is 19.7 Å². The minimum absolute atomic E-state index is 0.238. The van der Waals surface area contributed by atoms with Gasteiger partial charge in [0.25, 0.3) is 0 Å². The molecule has 0 aliphatic heterocycles. The minimum Gasteiger partial charge on any atom is -0.482 e. The number of aryl methyl sites for hydroxylation is 1. The molecule has 2 aromatic rings. The molecule has 0 bridgehead atoms. The summed E-state index contributed by atoms with van der Waals surface area (Å²) in [4.78, 5) is 4.03. The van der Waals surface area contributed by atoms with E-state index in [2.05, 4.69) is 22.2 Å². The van der Waals surface area contributed by atoms with Crippen molar-refractivity contribution in [3.8, 4) is 5.75 Å². The number of nitrogens with zero attached hydrogens (tertiary/aromatic N) is 4. The van der Waals surface area contributed by atoms with Gasteiger partial charge < -0.3 is 15.0 Å². The normalized spacial score (nSPS) is 10.7. The van der Waals surface area contributed by atoms with Crippen molar-refractivity contribution in [1.82, 2.24) is 19.9 Å². The monoisotopic (exact) mass is 237 g/mol. The molecule has 2 aromatic heterocycles. The van der Waals surface area contributed by atoms with E-state index in [4.69, 9.17) is 15.0 Å². The molecule has 0 unspecified atom stereocenters. The molecular formula is C10H15N5O2. The van der Waals surface area contributed by atoms with Gasteiger partial charge in [-0.3, -0.25) is 4.68 Å². The number of rotatable bonds is 6. The van der Waals surface area contributed by atoms with Gasteiger partial charge >= 0.3 is 0 Å². The third-order valence-corrected chi connectivity index (χ3v) is 2.11. The van der Waals surface area contributed by atoms with Crippen LogP contribution < -0.4 is 10.5 Å². The highest BCUT2D eigenvalue weighted by Crippen LogP contribution is 2.10. The van der Waals surface area contributed by atoms with Crippen LogP contribution in [0.15, 0.2) is 16.9 Å². The highest BCUT2D eigenvalue weighted by atomic mass is 16.5. The van der Waals surface area contributed by atoms with Crippen molar-refractivity contribution in [3.05, 3.63) is 24.1 Å². The number of hydrogen-bond donors (Lipinski definition) is 1. The molecule has 0 saturated carbocycles. The first-order chi connectivity index (χ1) is 8.31. The van der Waals surface area contributed by atoms with E-state index in [0.717, 1.165) is 13.0 Å². The molecule has 0 spiro atoms. The van der Waals surface area contributed by atoms with Crippen molar-refractivity contribution in [2.24, 2.45) is 5.73 Å². The van der Waals surface area contributed by atoms with Gasteiger partial charge in [0.2, 0.25) is 11.7 Å². The highest BCUT2D eigenvalue weighted by Gasteiger charge is 2.06. The van der Waals surface area contributed by atoms with Gasteiger partial charge in [0.1, 0.15) is 0 Å². The molecule has 0 fully saturated rings. The second-order valence-corrected chi connectivity index (χ2v) is 3.54. The van der Waals surface area contributed by atoms with Gasteiger partial charge in [-0.05, 0) is 6.42 Å². The molecule has 0 aromatic carbocycles. The van der Waals surface area contributed by atoms with Crippen LogP contribution in [0.2, 0.25) is 0 Å². The van der Waals surface area contributed by atoms with Crippen LogP contribution in [0.4, 0.5) is 0 Å². The van der Waals surface area contributed by atoms with Gasteiger partial charge in [-0.2, -0.15) is 10.1 Å². The van der Waals surface area contributed by atoms with E-state index >= 15 is 0 Å². The van der Waals surface area contributed by atoms with Crippen LogP contribution in [0, 0.1) is 0 Å². The Bertz CT molecular complexity index is 465. The number of aromatic nitrogens is 4. The lowest BCUT2D eigenvalue weighted by Gasteiger charge is -1.98. The van der Waals surface area contributed by atoms with E-state index < -0.39 is 0 Å². The molecule has 2 heterocycles. The molecule has 17 heavy (non-hydrogen) atoms. The summed E-state index contributed by atoms with van der Waals surface area (Å²) in [5.74, 6) is 1.58. The highest BCUT2D eigenvalue weighted by molar-refractivity contribution is 5.11. The van der Waals surface area contributed by atoms with Gasteiger partial charge in [-0.1, -0.05) is 12.1 Å². The Morgan fingerprint density at radius 1 is 1.53 bits per heavy atom. The molecular weight excluding hydrogens is 222 g/mol. The Kier molecular flexibility index (Phi) is 3.71. The third kappa shape index (κ3) is 3.04. The average Bonchev–Trinajstić information content (AvgIpc) is 2.95. The Morgan fingerprint density at radius 2 is 2.41 bits per heavy atom. The lowest BCUT2D eigenvalue weighted by atomic mass is 10.5. The molecule has 7 heteroatoms. The quantitative estimate of drug-likeness (QED) is 0.795. The Balaban J connectivity index is 1.88. The second kappa shape index (κ2) is 5.44. The predicted octanol–water partition coefficient (Wildman–Crippen LogP) is 0.714. The topological polar surface area (TPSA) is 92.0 Å². The van der Waals surface area contributed by atoms with Crippen molar-refractivity contribution >= 4 is 0 Å². The van der Waals surface area contributed by atoms with E-state index in [-0.39, 0.29) is 13.2 Å². The molecule has 0 saturated heterocycles. The van der Waals surface area contributed by atoms with E-state index in [1.165, 1.54) is 0 Å². The summed E-state index contributed by atoms with van der Waals surface area (Å²) in [6, 6.07) is 0. The van der Waals surface area contributed by atoms with Crippen molar-refractivity contribution in [3.63, 3.8) is 0 Å². The van der Waals surface area contributed by atoms with Crippen LogP contribution in [0.1, 0.15) is 25.1 Å². The molecule has 7 nitrogen and oxygen atoms in total. The minimum atomic E-state index is 0.238. The van der Waals surface area contributed by atoms with E-state index in [0.29, 0.717) is 17.5 Å². The maximum Gasteiger partial charge on any atom is 0.240 e. The van der Waals surface area contributed by atoms with Crippen molar-refractivity contribution in [1.29, 1.82) is 0 Å². The molecule has 0 radical (unpaired) electrons. The van der Waals surface area contributed by atoms with Gasteiger partial charge in [0, 0.05) is 6.54 Å². The van der Waals surface area contributed by atoms with Gasteiger partial charge in [0.05, 0.1) is 18.9 Å². The zero-order valence-corrected chi connectivity index (χ0v) is 9.67. The van der Waals surface area contributed by atoms with Crippen molar-refractivity contribution in [2.75, 3.05) is 0 Å². The fourth-order valence-electron chi connectivity index (χ4n) is 1.35. The summed E-state index contributed by atoms with van der Waals surface area (Å²) in [5, 5.41) is 7.87. The Morgan fingerprint density at radius 3 is 3.12 bits per heavy atom. The third-order valence-electron chi connectivity index (χ3n) is 2.11. The molecule has 0 aliphatic rings. The van der Waals surface area contributed by atoms with Gasteiger partial charge in [-0.15, -0.1) is 0 Å².